The average Bonchev–Trinajstić information content (AvgIpc) is 2.90. The number of hydrogen-bond acceptors (Lipinski definition) is 5. The van der Waals surface area contributed by atoms with Crippen LogP contribution in [0.1, 0.15) is 18.3 Å². The van der Waals surface area contributed by atoms with Crippen molar-refractivity contribution in [1.29, 1.82) is 0 Å². The summed E-state index contributed by atoms with van der Waals surface area (Å²) in [5, 5.41) is 12.4. The highest BCUT2D eigenvalue weighted by Crippen LogP contribution is 2.21. The van der Waals surface area contributed by atoms with Gasteiger partial charge < -0.3 is 5.73 Å². The van der Waals surface area contributed by atoms with Crippen molar-refractivity contribution in [2.24, 2.45) is 0 Å². The van der Waals surface area contributed by atoms with Crippen molar-refractivity contribution >= 4 is 17.1 Å². The van der Waals surface area contributed by atoms with E-state index in [0.717, 1.165) is 29.1 Å². The summed E-state index contributed by atoms with van der Waals surface area (Å²) in [6.07, 6.45) is 1.65. The Labute approximate surface area is 110 Å². The first-order chi connectivity index (χ1) is 9.20. The van der Waals surface area contributed by atoms with Gasteiger partial charge >= 0.3 is 0 Å². The third-order valence-corrected chi connectivity index (χ3v) is 3.08. The van der Waals surface area contributed by atoms with Gasteiger partial charge in [0.1, 0.15) is 5.52 Å². The first-order valence-electron chi connectivity index (χ1n) is 6.16. The van der Waals surface area contributed by atoms with E-state index >= 15 is 0 Å². The highest BCUT2D eigenvalue weighted by Gasteiger charge is 2.17. The molecule has 3 rings (SSSR count). The van der Waals surface area contributed by atoms with Crippen molar-refractivity contribution in [3.05, 3.63) is 29.7 Å². The van der Waals surface area contributed by atoms with E-state index in [9.17, 15) is 0 Å². The summed E-state index contributed by atoms with van der Waals surface area (Å²) >= 11 is 0. The minimum absolute atomic E-state index is 0.475. The first kappa shape index (κ1) is 11.6. The molecule has 3 heterocycles. The number of imidazole rings is 1. The Bertz CT molecular complexity index is 711. The highest BCUT2D eigenvalue weighted by molar-refractivity contribution is 5.77. The van der Waals surface area contributed by atoms with E-state index in [1.165, 1.54) is 0 Å². The Balaban J connectivity index is 2.15. The van der Waals surface area contributed by atoms with E-state index in [4.69, 9.17) is 5.73 Å². The molecular weight excluding hydrogens is 242 g/mol. The molecule has 7 heteroatoms. The van der Waals surface area contributed by atoms with Gasteiger partial charge in [-0.1, -0.05) is 0 Å². The molecule has 0 spiro atoms. The van der Waals surface area contributed by atoms with Gasteiger partial charge in [-0.05, 0) is 26.0 Å². The largest absolute Gasteiger partial charge is 0.369 e. The van der Waals surface area contributed by atoms with Gasteiger partial charge in [-0.25, -0.2) is 9.67 Å². The maximum absolute atomic E-state index is 6.00. The SMILES string of the molecule is CCn1nc(C)c2nc(N)n(Cc3cccnn3)c21. The van der Waals surface area contributed by atoms with E-state index in [-0.39, 0.29) is 0 Å². The number of hydrogen-bond donors (Lipinski definition) is 1. The van der Waals surface area contributed by atoms with E-state index in [2.05, 4.69) is 20.3 Å². The molecule has 0 fully saturated rings. The van der Waals surface area contributed by atoms with Crippen molar-refractivity contribution < 1.29 is 0 Å². The van der Waals surface area contributed by atoms with Crippen LogP contribution < -0.4 is 5.73 Å². The molecule has 3 aromatic rings. The quantitative estimate of drug-likeness (QED) is 0.755. The van der Waals surface area contributed by atoms with Gasteiger partial charge in [0.25, 0.3) is 0 Å². The second-order valence-corrected chi connectivity index (χ2v) is 4.34. The zero-order chi connectivity index (χ0) is 13.4. The highest BCUT2D eigenvalue weighted by atomic mass is 15.4. The van der Waals surface area contributed by atoms with E-state index in [0.29, 0.717) is 12.5 Å². The molecule has 3 aromatic heterocycles. The number of nitrogen functional groups attached to an aromatic ring is 1. The summed E-state index contributed by atoms with van der Waals surface area (Å²) in [4.78, 5) is 4.39. The second-order valence-electron chi connectivity index (χ2n) is 4.34. The van der Waals surface area contributed by atoms with E-state index in [1.54, 1.807) is 6.20 Å². The third kappa shape index (κ3) is 1.83. The Hall–Kier alpha value is -2.44. The molecule has 0 unspecified atom stereocenters. The molecule has 7 nitrogen and oxygen atoms in total. The lowest BCUT2D eigenvalue weighted by atomic mass is 10.4. The van der Waals surface area contributed by atoms with E-state index in [1.807, 2.05) is 35.2 Å². The number of nitrogens with two attached hydrogens (primary N) is 1. The summed E-state index contributed by atoms with van der Waals surface area (Å²) in [7, 11) is 0. The number of rotatable bonds is 3. The fourth-order valence-corrected chi connectivity index (χ4v) is 2.20. The molecular formula is C12H15N7. The van der Waals surface area contributed by atoms with Crippen LogP contribution in [0.15, 0.2) is 18.3 Å². The summed E-state index contributed by atoms with van der Waals surface area (Å²) in [5.74, 6) is 0.475. The van der Waals surface area contributed by atoms with Crippen LogP contribution in [0.4, 0.5) is 5.95 Å². The van der Waals surface area contributed by atoms with Gasteiger partial charge in [0, 0.05) is 12.7 Å². The van der Waals surface area contributed by atoms with E-state index < -0.39 is 0 Å². The molecule has 0 aromatic carbocycles. The number of aromatic nitrogens is 6. The maximum Gasteiger partial charge on any atom is 0.202 e. The molecule has 98 valence electrons. The van der Waals surface area contributed by atoms with Gasteiger partial charge in [0.15, 0.2) is 5.65 Å². The van der Waals surface area contributed by atoms with Crippen LogP contribution in [0.2, 0.25) is 0 Å². The maximum atomic E-state index is 6.00. The smallest absolute Gasteiger partial charge is 0.202 e. The standard InChI is InChI=1S/C12H15N7/c1-3-19-11-10(8(2)17-19)15-12(13)18(11)7-9-5-4-6-14-16-9/h4-6H,3,7H2,1-2H3,(H2,13,15). The molecule has 19 heavy (non-hydrogen) atoms. The predicted molar refractivity (Wildman–Crippen MR) is 71.5 cm³/mol. The summed E-state index contributed by atoms with van der Waals surface area (Å²) in [6.45, 7) is 5.30. The Morgan fingerprint density at radius 2 is 2.21 bits per heavy atom. The minimum atomic E-state index is 0.475. The van der Waals surface area contributed by atoms with Crippen molar-refractivity contribution in [2.45, 2.75) is 26.9 Å². The number of anilines is 1. The third-order valence-electron chi connectivity index (χ3n) is 3.08. The molecule has 0 aliphatic heterocycles. The van der Waals surface area contributed by atoms with Crippen molar-refractivity contribution in [1.82, 2.24) is 29.5 Å². The minimum Gasteiger partial charge on any atom is -0.369 e. The van der Waals surface area contributed by atoms with Gasteiger partial charge in [0.05, 0.1) is 17.9 Å². The van der Waals surface area contributed by atoms with Crippen LogP contribution in [0.3, 0.4) is 0 Å². The lowest BCUT2D eigenvalue weighted by molar-refractivity contribution is 0.644. The zero-order valence-corrected chi connectivity index (χ0v) is 10.9. The van der Waals surface area contributed by atoms with Crippen molar-refractivity contribution in [3.63, 3.8) is 0 Å². The summed E-state index contributed by atoms with van der Waals surface area (Å²) in [6, 6.07) is 3.77. The predicted octanol–water partition coefficient (Wildman–Crippen LogP) is 0.982. The van der Waals surface area contributed by atoms with Gasteiger partial charge in [-0.15, -0.1) is 0 Å². The van der Waals surface area contributed by atoms with Crippen LogP contribution in [0, 0.1) is 6.92 Å². The summed E-state index contributed by atoms with van der Waals surface area (Å²) < 4.78 is 3.83. The van der Waals surface area contributed by atoms with Crippen LogP contribution >= 0.6 is 0 Å². The lowest BCUT2D eigenvalue weighted by Crippen LogP contribution is -2.10. The molecule has 0 saturated carbocycles. The van der Waals surface area contributed by atoms with Crippen LogP contribution in [-0.4, -0.2) is 29.5 Å². The fraction of sp³-hybridized carbons (Fsp3) is 0.333. The normalized spacial score (nSPS) is 11.3. The molecule has 0 bridgehead atoms. The average molecular weight is 257 g/mol. The first-order valence-corrected chi connectivity index (χ1v) is 6.16. The Morgan fingerprint density at radius 1 is 1.37 bits per heavy atom. The van der Waals surface area contributed by atoms with Gasteiger partial charge in [-0.3, -0.25) is 4.57 Å². The molecule has 0 radical (unpaired) electrons. The fourth-order valence-electron chi connectivity index (χ4n) is 2.20. The van der Waals surface area contributed by atoms with Crippen molar-refractivity contribution in [2.75, 3.05) is 5.73 Å². The zero-order valence-electron chi connectivity index (χ0n) is 10.9. The summed E-state index contributed by atoms with van der Waals surface area (Å²) in [5.41, 5.74) is 9.52. The lowest BCUT2D eigenvalue weighted by Gasteiger charge is -2.06. The van der Waals surface area contributed by atoms with Gasteiger partial charge in [-0.2, -0.15) is 15.3 Å². The number of aryl methyl sites for hydroxylation is 2. The van der Waals surface area contributed by atoms with Gasteiger partial charge in [0.2, 0.25) is 5.95 Å². The molecule has 0 amide bonds. The molecule has 0 aliphatic carbocycles. The Morgan fingerprint density at radius 3 is 2.89 bits per heavy atom. The topological polar surface area (TPSA) is 87.4 Å². The van der Waals surface area contributed by atoms with Crippen LogP contribution in [0.25, 0.3) is 11.2 Å². The number of nitrogens with zero attached hydrogens (tertiary/aromatic N) is 6. The second kappa shape index (κ2) is 4.34. The van der Waals surface area contributed by atoms with Crippen LogP contribution in [-0.2, 0) is 13.1 Å². The molecule has 0 aliphatic rings. The molecule has 2 N–H and O–H groups in total. The van der Waals surface area contributed by atoms with Crippen molar-refractivity contribution in [3.8, 4) is 0 Å². The monoisotopic (exact) mass is 257 g/mol. The molecule has 0 saturated heterocycles. The number of fused-ring (bicyclic) bond motifs is 1. The molecule has 0 atom stereocenters. The van der Waals surface area contributed by atoms with Crippen LogP contribution in [0.5, 0.6) is 0 Å². The Kier molecular flexibility index (Phi) is 2.66.